The van der Waals surface area contributed by atoms with E-state index >= 15 is 0 Å². The monoisotopic (exact) mass is 455 g/mol. The van der Waals surface area contributed by atoms with Crippen LogP contribution in [-0.2, 0) is 9.53 Å². The number of rotatable bonds is 4. The van der Waals surface area contributed by atoms with Crippen molar-refractivity contribution in [1.29, 1.82) is 0 Å². The van der Waals surface area contributed by atoms with Gasteiger partial charge in [0.2, 0.25) is 5.88 Å². The second kappa shape index (κ2) is 9.17. The van der Waals surface area contributed by atoms with E-state index in [2.05, 4.69) is 39.0 Å². The Morgan fingerprint density at radius 2 is 1.74 bits per heavy atom. The van der Waals surface area contributed by atoms with E-state index < -0.39 is 0 Å². The van der Waals surface area contributed by atoms with E-state index in [1.54, 1.807) is 0 Å². The van der Waals surface area contributed by atoms with Crippen molar-refractivity contribution in [1.82, 2.24) is 0 Å². The molecule has 0 radical (unpaired) electrons. The van der Waals surface area contributed by atoms with E-state index in [0.29, 0.717) is 29.1 Å². The first-order chi connectivity index (χ1) is 16.4. The van der Waals surface area contributed by atoms with Crippen LogP contribution in [0.15, 0.2) is 78.2 Å². The average Bonchev–Trinajstić information content (AvgIpc) is 2.83. The molecular formula is C30H33NO3. The Morgan fingerprint density at radius 1 is 1.00 bits per heavy atom. The van der Waals surface area contributed by atoms with E-state index in [1.165, 1.54) is 6.42 Å². The molecule has 0 aromatic heterocycles. The van der Waals surface area contributed by atoms with Gasteiger partial charge in [-0.05, 0) is 41.5 Å². The van der Waals surface area contributed by atoms with Gasteiger partial charge in [0.25, 0.3) is 0 Å². The quantitative estimate of drug-likeness (QED) is 0.454. The molecule has 3 aromatic carbocycles. The molecule has 4 nitrogen and oxygen atoms in total. The van der Waals surface area contributed by atoms with Crippen LogP contribution in [0, 0.1) is 17.8 Å². The molecule has 4 heteroatoms. The van der Waals surface area contributed by atoms with Crippen molar-refractivity contribution in [2.24, 2.45) is 23.5 Å². The highest BCUT2D eigenvalue weighted by Crippen LogP contribution is 2.46. The van der Waals surface area contributed by atoms with Gasteiger partial charge in [-0.15, -0.1) is 0 Å². The zero-order valence-corrected chi connectivity index (χ0v) is 20.2. The Labute approximate surface area is 201 Å². The van der Waals surface area contributed by atoms with Gasteiger partial charge in [-0.3, -0.25) is 0 Å². The van der Waals surface area contributed by atoms with Crippen LogP contribution in [0.2, 0.25) is 0 Å². The maximum Gasteiger partial charge on any atom is 0.340 e. The van der Waals surface area contributed by atoms with Crippen molar-refractivity contribution >= 4 is 16.7 Å². The predicted octanol–water partition coefficient (Wildman–Crippen LogP) is 6.54. The van der Waals surface area contributed by atoms with Gasteiger partial charge < -0.3 is 15.2 Å². The minimum atomic E-state index is -0.366. The standard InChI is InChI=1S/C30H33NO3/c1-18(2)22-15-13-19(3)17-25(22)33-30(32)27-26(21-10-5-4-6-11-21)24-16-14-20-9-7-8-12-23(20)28(24)34-29(27)31/h4-12,14,16,18-19,22,25-26H,13,15,17,31H2,1-3H3/t19-,22+,25-,26?/m1/s1. The van der Waals surface area contributed by atoms with Crippen LogP contribution < -0.4 is 10.5 Å². The number of esters is 1. The van der Waals surface area contributed by atoms with Crippen LogP contribution in [-0.4, -0.2) is 12.1 Å². The first kappa shape index (κ1) is 22.5. The SMILES string of the molecule is CC(C)[C@@H]1CC[C@@H](C)C[C@H]1OC(=O)C1=C(N)Oc2c(ccc3ccccc23)C1c1ccccc1. The highest BCUT2D eigenvalue weighted by molar-refractivity contribution is 5.96. The van der Waals surface area contributed by atoms with Crippen LogP contribution >= 0.6 is 0 Å². The molecule has 0 spiro atoms. The molecule has 1 unspecified atom stereocenters. The molecule has 0 saturated heterocycles. The molecule has 1 saturated carbocycles. The summed E-state index contributed by atoms with van der Waals surface area (Å²) in [5.74, 6) is 1.49. The number of carbonyl (C=O) groups is 1. The minimum Gasteiger partial charge on any atom is -0.459 e. The zero-order chi connectivity index (χ0) is 23.8. The molecule has 4 atom stereocenters. The molecule has 2 aliphatic rings. The van der Waals surface area contributed by atoms with Crippen molar-refractivity contribution in [2.75, 3.05) is 0 Å². The molecule has 0 bridgehead atoms. The average molecular weight is 456 g/mol. The summed E-state index contributed by atoms with van der Waals surface area (Å²) < 4.78 is 12.4. The highest BCUT2D eigenvalue weighted by atomic mass is 16.5. The van der Waals surface area contributed by atoms with Gasteiger partial charge in [-0.1, -0.05) is 93.9 Å². The number of nitrogens with two attached hydrogens (primary N) is 1. The molecule has 1 fully saturated rings. The van der Waals surface area contributed by atoms with Crippen molar-refractivity contribution in [2.45, 2.75) is 52.1 Å². The van der Waals surface area contributed by atoms with Crippen LogP contribution in [0.4, 0.5) is 0 Å². The molecule has 3 aromatic rings. The van der Waals surface area contributed by atoms with E-state index in [9.17, 15) is 4.79 Å². The fourth-order valence-corrected chi connectivity index (χ4v) is 5.73. The van der Waals surface area contributed by atoms with Gasteiger partial charge in [-0.25, -0.2) is 4.79 Å². The van der Waals surface area contributed by atoms with E-state index in [4.69, 9.17) is 15.2 Å². The van der Waals surface area contributed by atoms with E-state index in [-0.39, 0.29) is 23.9 Å². The number of hydrogen-bond donors (Lipinski definition) is 1. The molecule has 2 N–H and O–H groups in total. The van der Waals surface area contributed by atoms with Gasteiger partial charge in [-0.2, -0.15) is 0 Å². The van der Waals surface area contributed by atoms with Crippen molar-refractivity contribution in [3.05, 3.63) is 89.3 Å². The summed E-state index contributed by atoms with van der Waals surface area (Å²) in [5, 5.41) is 2.06. The lowest BCUT2D eigenvalue weighted by Gasteiger charge is -2.37. The van der Waals surface area contributed by atoms with Gasteiger partial charge in [0.05, 0.1) is 5.92 Å². The second-order valence-corrected chi connectivity index (χ2v) is 10.2. The third-order valence-electron chi connectivity index (χ3n) is 7.56. The number of ether oxygens (including phenoxy) is 2. The van der Waals surface area contributed by atoms with Crippen LogP contribution in [0.3, 0.4) is 0 Å². The third-order valence-corrected chi connectivity index (χ3v) is 7.56. The zero-order valence-electron chi connectivity index (χ0n) is 20.2. The van der Waals surface area contributed by atoms with Crippen LogP contribution in [0.5, 0.6) is 5.75 Å². The Morgan fingerprint density at radius 3 is 2.50 bits per heavy atom. The lowest BCUT2D eigenvalue weighted by Crippen LogP contribution is -2.37. The van der Waals surface area contributed by atoms with Crippen LogP contribution in [0.1, 0.15) is 57.1 Å². The lowest BCUT2D eigenvalue weighted by atomic mass is 9.75. The number of benzene rings is 3. The molecule has 1 aliphatic carbocycles. The predicted molar refractivity (Wildman–Crippen MR) is 135 cm³/mol. The van der Waals surface area contributed by atoms with E-state index in [1.807, 2.05) is 48.5 Å². The summed E-state index contributed by atoms with van der Waals surface area (Å²) in [6, 6.07) is 22.2. The van der Waals surface area contributed by atoms with Crippen molar-refractivity contribution in [3.8, 4) is 5.75 Å². The van der Waals surface area contributed by atoms with Crippen molar-refractivity contribution in [3.63, 3.8) is 0 Å². The minimum absolute atomic E-state index is 0.106. The van der Waals surface area contributed by atoms with Gasteiger partial charge in [0.15, 0.2) is 0 Å². The largest absolute Gasteiger partial charge is 0.459 e. The fourth-order valence-electron chi connectivity index (χ4n) is 5.73. The Hall–Kier alpha value is -3.27. The summed E-state index contributed by atoms with van der Waals surface area (Å²) in [6.07, 6.45) is 3.04. The number of hydrogen-bond acceptors (Lipinski definition) is 4. The number of fused-ring (bicyclic) bond motifs is 3. The normalized spacial score (nSPS) is 24.6. The summed E-state index contributed by atoms with van der Waals surface area (Å²) in [7, 11) is 0. The third kappa shape index (κ3) is 4.06. The lowest BCUT2D eigenvalue weighted by molar-refractivity contribution is -0.151. The van der Waals surface area contributed by atoms with Crippen molar-refractivity contribution < 1.29 is 14.3 Å². The van der Waals surface area contributed by atoms with E-state index in [0.717, 1.165) is 34.7 Å². The summed E-state index contributed by atoms with van der Waals surface area (Å²) in [5.41, 5.74) is 8.82. The molecule has 34 heavy (non-hydrogen) atoms. The second-order valence-electron chi connectivity index (χ2n) is 10.2. The molecular weight excluding hydrogens is 422 g/mol. The van der Waals surface area contributed by atoms with Gasteiger partial charge in [0.1, 0.15) is 17.4 Å². The topological polar surface area (TPSA) is 61.5 Å². The Kier molecular flexibility index (Phi) is 6.07. The maximum absolute atomic E-state index is 13.8. The maximum atomic E-state index is 13.8. The smallest absolute Gasteiger partial charge is 0.340 e. The molecule has 5 rings (SSSR count). The first-order valence-corrected chi connectivity index (χ1v) is 12.4. The Balaban J connectivity index is 1.57. The van der Waals surface area contributed by atoms with Gasteiger partial charge in [0, 0.05) is 10.9 Å². The molecule has 1 aliphatic heterocycles. The Bertz CT molecular complexity index is 1230. The first-order valence-electron chi connectivity index (χ1n) is 12.4. The summed E-state index contributed by atoms with van der Waals surface area (Å²) in [4.78, 5) is 13.8. The summed E-state index contributed by atoms with van der Waals surface area (Å²) >= 11 is 0. The molecule has 0 amide bonds. The number of carbonyl (C=O) groups excluding carboxylic acids is 1. The molecule has 176 valence electrons. The van der Waals surface area contributed by atoms with Gasteiger partial charge >= 0.3 is 5.97 Å². The van der Waals surface area contributed by atoms with Crippen LogP contribution in [0.25, 0.3) is 10.8 Å². The summed E-state index contributed by atoms with van der Waals surface area (Å²) in [6.45, 7) is 6.67. The highest BCUT2D eigenvalue weighted by Gasteiger charge is 2.39. The molecule has 1 heterocycles. The fraction of sp³-hybridized carbons (Fsp3) is 0.367.